The number of rotatable bonds is 1. The summed E-state index contributed by atoms with van der Waals surface area (Å²) in [4.78, 5) is 6.01. The third-order valence-corrected chi connectivity index (χ3v) is 5.10. The lowest BCUT2D eigenvalue weighted by molar-refractivity contribution is 1.21. The highest BCUT2D eigenvalue weighted by molar-refractivity contribution is 7.17. The van der Waals surface area contributed by atoms with Gasteiger partial charge in [-0.2, -0.15) is 0 Å². The third-order valence-electron chi connectivity index (χ3n) is 3.37. The van der Waals surface area contributed by atoms with E-state index in [1.165, 1.54) is 15.0 Å². The van der Waals surface area contributed by atoms with E-state index in [1.54, 1.807) is 22.7 Å². The molecule has 0 unspecified atom stereocenters. The maximum absolute atomic E-state index is 6.27. The van der Waals surface area contributed by atoms with Gasteiger partial charge in [0.1, 0.15) is 17.2 Å². The molecule has 4 rings (SSSR count). The first-order chi connectivity index (χ1) is 9.25. The Morgan fingerprint density at radius 3 is 2.79 bits per heavy atom. The van der Waals surface area contributed by atoms with Gasteiger partial charge in [-0.15, -0.1) is 22.7 Å². The molecule has 2 N–H and O–H groups in total. The van der Waals surface area contributed by atoms with Crippen molar-refractivity contribution < 1.29 is 0 Å². The number of anilines is 1. The molecule has 0 saturated heterocycles. The van der Waals surface area contributed by atoms with Crippen molar-refractivity contribution in [3.63, 3.8) is 0 Å². The van der Waals surface area contributed by atoms with Crippen LogP contribution in [0.25, 0.3) is 27.0 Å². The molecule has 94 valence electrons. The largest absolute Gasteiger partial charge is 0.383 e. The predicted octanol–water partition coefficient (Wildman–Crippen LogP) is 4.17. The summed E-state index contributed by atoms with van der Waals surface area (Å²) in [6.07, 6.45) is 2.00. The van der Waals surface area contributed by atoms with Gasteiger partial charge >= 0.3 is 0 Å². The summed E-state index contributed by atoms with van der Waals surface area (Å²) in [6, 6.07) is 6.28. The van der Waals surface area contributed by atoms with Crippen LogP contribution in [0.3, 0.4) is 0 Å². The average molecular weight is 285 g/mol. The Hall–Kier alpha value is -1.85. The molecule has 0 fully saturated rings. The lowest BCUT2D eigenvalue weighted by Crippen LogP contribution is -1.93. The molecule has 4 aromatic rings. The van der Waals surface area contributed by atoms with Gasteiger partial charge in [0.15, 0.2) is 0 Å². The Labute approximate surface area is 117 Å². The second-order valence-corrected chi connectivity index (χ2v) is 6.51. The Kier molecular flexibility index (Phi) is 2.22. The van der Waals surface area contributed by atoms with Gasteiger partial charge < -0.3 is 5.73 Å². The first kappa shape index (κ1) is 11.0. The second-order valence-electron chi connectivity index (χ2n) is 4.44. The number of aromatic nitrogens is 2. The molecule has 0 bridgehead atoms. The number of imidazole rings is 1. The first-order valence-corrected chi connectivity index (χ1v) is 7.70. The molecular weight excluding hydrogens is 274 g/mol. The quantitative estimate of drug-likeness (QED) is 0.570. The first-order valence-electron chi connectivity index (χ1n) is 5.94. The van der Waals surface area contributed by atoms with E-state index in [-0.39, 0.29) is 0 Å². The maximum atomic E-state index is 6.27. The fourth-order valence-corrected chi connectivity index (χ4v) is 3.87. The summed E-state index contributed by atoms with van der Waals surface area (Å²) < 4.78 is 3.22. The minimum absolute atomic E-state index is 0.713. The summed E-state index contributed by atoms with van der Waals surface area (Å²) in [5.74, 6) is 0.713. The van der Waals surface area contributed by atoms with E-state index in [0.29, 0.717) is 5.82 Å². The highest BCUT2D eigenvalue weighted by Gasteiger charge is 2.15. The van der Waals surface area contributed by atoms with Crippen LogP contribution >= 0.6 is 22.7 Å². The van der Waals surface area contributed by atoms with Crippen LogP contribution in [0, 0.1) is 6.92 Å². The summed E-state index contributed by atoms with van der Waals surface area (Å²) >= 11 is 3.45. The smallest absolute Gasteiger partial charge is 0.147 e. The SMILES string of the molecule is Cc1sccc1-c1nc2c3ccsc3ccn2c1N. The zero-order valence-electron chi connectivity index (χ0n) is 10.3. The van der Waals surface area contributed by atoms with Crippen LogP contribution in [0.15, 0.2) is 35.2 Å². The van der Waals surface area contributed by atoms with Crippen molar-refractivity contribution in [1.82, 2.24) is 9.38 Å². The highest BCUT2D eigenvalue weighted by atomic mass is 32.1. The van der Waals surface area contributed by atoms with Gasteiger partial charge in [-0.05, 0) is 35.9 Å². The zero-order valence-corrected chi connectivity index (χ0v) is 11.9. The van der Waals surface area contributed by atoms with Crippen LogP contribution in [0.2, 0.25) is 0 Å². The van der Waals surface area contributed by atoms with Gasteiger partial charge in [0.2, 0.25) is 0 Å². The van der Waals surface area contributed by atoms with Crippen LogP contribution < -0.4 is 5.73 Å². The average Bonchev–Trinajstić information content (AvgIpc) is 3.08. The van der Waals surface area contributed by atoms with Gasteiger partial charge in [-0.1, -0.05) is 0 Å². The zero-order chi connectivity index (χ0) is 13.0. The second kappa shape index (κ2) is 3.82. The number of hydrogen-bond donors (Lipinski definition) is 1. The lowest BCUT2D eigenvalue weighted by Gasteiger charge is -1.98. The molecule has 0 aromatic carbocycles. The van der Waals surface area contributed by atoms with Crippen molar-refractivity contribution >= 4 is 44.2 Å². The van der Waals surface area contributed by atoms with E-state index in [0.717, 1.165) is 16.9 Å². The van der Waals surface area contributed by atoms with Gasteiger partial charge in [0.25, 0.3) is 0 Å². The number of fused-ring (bicyclic) bond motifs is 3. The number of pyridine rings is 1. The minimum Gasteiger partial charge on any atom is -0.383 e. The third kappa shape index (κ3) is 1.45. The monoisotopic (exact) mass is 285 g/mol. The molecule has 5 heteroatoms. The van der Waals surface area contributed by atoms with E-state index in [1.807, 2.05) is 10.6 Å². The molecule has 3 nitrogen and oxygen atoms in total. The molecule has 19 heavy (non-hydrogen) atoms. The van der Waals surface area contributed by atoms with Crippen LogP contribution in [0.4, 0.5) is 5.82 Å². The normalized spacial score (nSPS) is 11.6. The van der Waals surface area contributed by atoms with Crippen LogP contribution in [-0.2, 0) is 0 Å². The van der Waals surface area contributed by atoms with Crippen LogP contribution in [0.1, 0.15) is 4.88 Å². The van der Waals surface area contributed by atoms with Crippen molar-refractivity contribution in [3.8, 4) is 11.3 Å². The summed E-state index contributed by atoms with van der Waals surface area (Å²) in [5.41, 5.74) is 9.23. The number of nitrogen functional groups attached to an aromatic ring is 1. The summed E-state index contributed by atoms with van der Waals surface area (Å²) in [7, 11) is 0. The van der Waals surface area contributed by atoms with Crippen molar-refractivity contribution in [3.05, 3.63) is 40.0 Å². The van der Waals surface area contributed by atoms with E-state index in [9.17, 15) is 0 Å². The lowest BCUT2D eigenvalue weighted by atomic mass is 10.2. The number of nitrogens with zero attached hydrogens (tertiary/aromatic N) is 2. The molecule has 4 aromatic heterocycles. The Morgan fingerprint density at radius 2 is 2.00 bits per heavy atom. The van der Waals surface area contributed by atoms with Crippen molar-refractivity contribution in [2.75, 3.05) is 5.73 Å². The summed E-state index contributed by atoms with van der Waals surface area (Å²) in [6.45, 7) is 2.10. The Morgan fingerprint density at radius 1 is 1.16 bits per heavy atom. The van der Waals surface area contributed by atoms with Gasteiger partial charge in [0.05, 0.1) is 0 Å². The molecule has 0 aliphatic rings. The fourth-order valence-electron chi connectivity index (χ4n) is 2.39. The molecular formula is C14H11N3S2. The fraction of sp³-hybridized carbons (Fsp3) is 0.0714. The van der Waals surface area contributed by atoms with Crippen LogP contribution in [0.5, 0.6) is 0 Å². The van der Waals surface area contributed by atoms with E-state index < -0.39 is 0 Å². The van der Waals surface area contributed by atoms with Crippen molar-refractivity contribution in [2.45, 2.75) is 6.92 Å². The molecule has 0 aliphatic heterocycles. The standard InChI is InChI=1S/C14H11N3S2/c1-8-9(3-6-18-8)12-13(15)17-5-2-11-10(4-7-19-11)14(17)16-12/h2-7H,15H2,1H3. The van der Waals surface area contributed by atoms with E-state index in [2.05, 4.69) is 35.9 Å². The number of aryl methyl sites for hydroxylation is 1. The highest BCUT2D eigenvalue weighted by Crippen LogP contribution is 2.34. The summed E-state index contributed by atoms with van der Waals surface area (Å²) in [5, 5.41) is 5.33. The predicted molar refractivity (Wildman–Crippen MR) is 83.0 cm³/mol. The van der Waals surface area contributed by atoms with Crippen molar-refractivity contribution in [1.29, 1.82) is 0 Å². The molecule has 0 spiro atoms. The number of nitrogens with two attached hydrogens (primary N) is 1. The molecule has 0 amide bonds. The van der Waals surface area contributed by atoms with Gasteiger partial charge in [-0.25, -0.2) is 4.98 Å². The molecule has 0 atom stereocenters. The van der Waals surface area contributed by atoms with Gasteiger partial charge in [0, 0.05) is 26.7 Å². The van der Waals surface area contributed by atoms with Gasteiger partial charge in [-0.3, -0.25) is 4.40 Å². The Bertz CT molecular complexity index is 898. The van der Waals surface area contributed by atoms with Crippen molar-refractivity contribution in [2.24, 2.45) is 0 Å². The maximum Gasteiger partial charge on any atom is 0.147 e. The van der Waals surface area contributed by atoms with E-state index >= 15 is 0 Å². The molecule has 0 radical (unpaired) electrons. The van der Waals surface area contributed by atoms with Crippen LogP contribution in [-0.4, -0.2) is 9.38 Å². The molecule has 4 heterocycles. The van der Waals surface area contributed by atoms with E-state index in [4.69, 9.17) is 10.7 Å². The minimum atomic E-state index is 0.713. The topological polar surface area (TPSA) is 43.3 Å². The Balaban J connectivity index is 2.13. The number of thiophene rings is 2. The number of hydrogen-bond acceptors (Lipinski definition) is 4. The molecule has 0 aliphatic carbocycles. The molecule has 0 saturated carbocycles.